The Morgan fingerprint density at radius 2 is 1.65 bits per heavy atom. The first-order chi connectivity index (χ1) is 18.2. The predicted molar refractivity (Wildman–Crippen MR) is 151 cm³/mol. The quantitative estimate of drug-likeness (QED) is 0.255. The van der Waals surface area contributed by atoms with Crippen LogP contribution in [0.15, 0.2) is 48.7 Å². The van der Waals surface area contributed by atoms with Crippen molar-refractivity contribution >= 4 is 64.2 Å². The lowest BCUT2D eigenvalue weighted by atomic mass is 10.1. The van der Waals surface area contributed by atoms with Crippen LogP contribution in [0.5, 0.6) is 0 Å². The summed E-state index contributed by atoms with van der Waals surface area (Å²) in [4.78, 5) is 39.6. The lowest BCUT2D eigenvalue weighted by Gasteiger charge is -2.31. The number of hydrogen-bond donors (Lipinski definition) is 2. The fraction of sp³-hybridized carbons (Fsp3) is 0.370. The Morgan fingerprint density at radius 3 is 2.25 bits per heavy atom. The van der Waals surface area contributed by atoms with Crippen molar-refractivity contribution in [1.82, 2.24) is 9.47 Å². The molecule has 0 saturated heterocycles. The molecular weight excluding hydrogens is 572 g/mol. The Bertz CT molecular complexity index is 1360. The van der Waals surface area contributed by atoms with Gasteiger partial charge in [-0.3, -0.25) is 14.2 Å². The number of hydrogen-bond acceptors (Lipinski definition) is 5. The van der Waals surface area contributed by atoms with E-state index in [1.807, 2.05) is 32.8 Å². The average Bonchev–Trinajstić information content (AvgIpc) is 3.19. The minimum absolute atomic E-state index is 0. The first-order valence-electron chi connectivity index (χ1n) is 12.1. The molecule has 1 aromatic heterocycles. The molecule has 13 heteroatoms. The zero-order chi connectivity index (χ0) is 29.0. The summed E-state index contributed by atoms with van der Waals surface area (Å²) in [5, 5.41) is 5.94. The number of nitrogens with zero attached hydrogens (tertiary/aromatic N) is 2. The van der Waals surface area contributed by atoms with Gasteiger partial charge < -0.3 is 20.3 Å². The highest BCUT2D eigenvalue weighted by Gasteiger charge is 2.30. The molecule has 218 valence electrons. The summed E-state index contributed by atoms with van der Waals surface area (Å²) in [6.07, 6.45) is -2.66. The number of likely N-dealkylation sites (N-methyl/N-ethyl adjacent to an activating group) is 1. The van der Waals surface area contributed by atoms with Gasteiger partial charge in [0, 0.05) is 40.7 Å². The molecule has 40 heavy (non-hydrogen) atoms. The van der Waals surface area contributed by atoms with E-state index in [-0.39, 0.29) is 61.1 Å². The lowest BCUT2D eigenvalue weighted by Crippen LogP contribution is -2.43. The van der Waals surface area contributed by atoms with Crippen LogP contribution in [0.2, 0.25) is 5.02 Å². The van der Waals surface area contributed by atoms with E-state index in [9.17, 15) is 27.6 Å². The number of ether oxygens (including phenoxy) is 1. The van der Waals surface area contributed by atoms with Crippen molar-refractivity contribution in [2.75, 3.05) is 31.3 Å². The van der Waals surface area contributed by atoms with Crippen molar-refractivity contribution in [2.45, 2.75) is 44.8 Å². The Morgan fingerprint density at radius 1 is 1.00 bits per heavy atom. The van der Waals surface area contributed by atoms with Gasteiger partial charge in [0.2, 0.25) is 5.91 Å². The second-order valence-corrected chi connectivity index (χ2v) is 10.3. The average molecular weight is 603 g/mol. The number of urea groups is 1. The summed E-state index contributed by atoms with van der Waals surface area (Å²) in [5.74, 6) is -0.705. The van der Waals surface area contributed by atoms with Gasteiger partial charge in [0.25, 0.3) is 0 Å². The summed E-state index contributed by atoms with van der Waals surface area (Å²) in [6, 6.07) is 8.09. The van der Waals surface area contributed by atoms with Gasteiger partial charge >= 0.3 is 18.2 Å². The van der Waals surface area contributed by atoms with Crippen molar-refractivity contribution < 1.29 is 32.3 Å². The van der Waals surface area contributed by atoms with Gasteiger partial charge in [0.1, 0.15) is 6.61 Å². The highest BCUT2D eigenvalue weighted by atomic mass is 35.5. The zero-order valence-electron chi connectivity index (χ0n) is 22.4. The molecule has 3 rings (SSSR count). The Kier molecular flexibility index (Phi) is 11.0. The number of nitrogens with one attached hydrogen (secondary N) is 2. The third kappa shape index (κ3) is 8.61. The summed E-state index contributed by atoms with van der Waals surface area (Å²) >= 11 is 6.13. The third-order valence-electron chi connectivity index (χ3n) is 6.32. The topological polar surface area (TPSA) is 92.7 Å². The minimum Gasteiger partial charge on any atom is -0.464 e. The monoisotopic (exact) mass is 602 g/mol. The minimum atomic E-state index is -4.49. The number of amides is 2. The number of rotatable bonds is 9. The summed E-state index contributed by atoms with van der Waals surface area (Å²) in [5.41, 5.74) is -0.242. The normalized spacial score (nSPS) is 11.7. The SMILES string of the molecule is CN(C)C(C)(C)COC(=O)CCCC(=O)n1cc(NC(=O)Nc2ccc(C(F)(F)F)cc2)c2cc(Cl)ccc21.Cl. The lowest BCUT2D eigenvalue weighted by molar-refractivity contribution is -0.147. The fourth-order valence-corrected chi connectivity index (χ4v) is 3.67. The van der Waals surface area contributed by atoms with Crippen LogP contribution < -0.4 is 10.6 Å². The van der Waals surface area contributed by atoms with E-state index in [1.165, 1.54) is 10.8 Å². The van der Waals surface area contributed by atoms with Gasteiger partial charge in [-0.2, -0.15) is 13.2 Å². The van der Waals surface area contributed by atoms with Gasteiger partial charge in [0.05, 0.1) is 16.8 Å². The van der Waals surface area contributed by atoms with Crippen LogP contribution in [-0.4, -0.2) is 53.6 Å². The molecule has 0 unspecified atom stereocenters. The Labute approximate surface area is 241 Å². The number of anilines is 2. The second-order valence-electron chi connectivity index (χ2n) is 9.84. The number of aromatic nitrogens is 1. The second kappa shape index (κ2) is 13.4. The molecule has 2 N–H and O–H groups in total. The molecule has 0 atom stereocenters. The molecule has 0 aliphatic rings. The standard InChI is InChI=1S/C27H30ClF3N4O4.ClH/c1-26(2,34(3)4)16-39-24(37)7-5-6-23(36)35-15-21(20-14-18(28)10-13-22(20)35)33-25(38)32-19-11-8-17(9-12-19)27(29,30)31;/h8-15H,5-7,16H2,1-4H3,(H2,32,33,38);1H. The first-order valence-corrected chi connectivity index (χ1v) is 12.5. The van der Waals surface area contributed by atoms with Crippen LogP contribution in [0.4, 0.5) is 29.3 Å². The molecule has 0 saturated carbocycles. The Hall–Kier alpha value is -3.28. The van der Waals surface area contributed by atoms with Crippen molar-refractivity contribution in [3.63, 3.8) is 0 Å². The highest BCUT2D eigenvalue weighted by molar-refractivity contribution is 6.31. The molecule has 2 amide bonds. The first kappa shape index (κ1) is 32.9. The Balaban J connectivity index is 0.00000560. The molecular formula is C27H31Cl2F3N4O4. The maximum Gasteiger partial charge on any atom is 0.416 e. The van der Waals surface area contributed by atoms with Crippen LogP contribution in [-0.2, 0) is 15.7 Å². The van der Waals surface area contributed by atoms with E-state index in [4.69, 9.17) is 16.3 Å². The van der Waals surface area contributed by atoms with Crippen molar-refractivity contribution in [3.8, 4) is 0 Å². The fourth-order valence-electron chi connectivity index (χ4n) is 3.50. The van der Waals surface area contributed by atoms with Crippen molar-refractivity contribution in [3.05, 3.63) is 59.2 Å². The molecule has 0 bridgehead atoms. The van der Waals surface area contributed by atoms with Crippen LogP contribution >= 0.6 is 24.0 Å². The van der Waals surface area contributed by atoms with Gasteiger partial charge in [-0.1, -0.05) is 11.6 Å². The van der Waals surface area contributed by atoms with Crippen molar-refractivity contribution in [2.24, 2.45) is 0 Å². The largest absolute Gasteiger partial charge is 0.464 e. The number of fused-ring (bicyclic) bond motifs is 1. The smallest absolute Gasteiger partial charge is 0.416 e. The molecule has 0 fully saturated rings. The number of benzene rings is 2. The van der Waals surface area contributed by atoms with Crippen LogP contribution in [0.1, 0.15) is 43.5 Å². The highest BCUT2D eigenvalue weighted by Crippen LogP contribution is 2.31. The molecule has 0 spiro atoms. The maximum absolute atomic E-state index is 13.0. The summed E-state index contributed by atoms with van der Waals surface area (Å²) in [6.45, 7) is 4.12. The molecule has 3 aromatic rings. The van der Waals surface area contributed by atoms with E-state index in [1.54, 1.807) is 18.2 Å². The number of carbonyl (C=O) groups is 3. The van der Waals surface area contributed by atoms with Crippen LogP contribution in [0.25, 0.3) is 10.9 Å². The van der Waals surface area contributed by atoms with Gasteiger partial charge in [-0.25, -0.2) is 4.79 Å². The molecule has 0 aliphatic heterocycles. The van der Waals surface area contributed by atoms with E-state index >= 15 is 0 Å². The van der Waals surface area contributed by atoms with E-state index in [0.29, 0.717) is 15.9 Å². The van der Waals surface area contributed by atoms with Crippen LogP contribution in [0.3, 0.4) is 0 Å². The number of esters is 1. The van der Waals surface area contributed by atoms with Gasteiger partial charge in [0.15, 0.2) is 0 Å². The van der Waals surface area contributed by atoms with E-state index < -0.39 is 23.7 Å². The van der Waals surface area contributed by atoms with E-state index in [2.05, 4.69) is 10.6 Å². The van der Waals surface area contributed by atoms with E-state index in [0.717, 1.165) is 24.3 Å². The number of carbonyl (C=O) groups excluding carboxylic acids is 3. The predicted octanol–water partition coefficient (Wildman–Crippen LogP) is 7.07. The zero-order valence-corrected chi connectivity index (χ0v) is 24.0. The number of halogens is 5. The molecule has 1 heterocycles. The molecule has 8 nitrogen and oxygen atoms in total. The molecule has 0 radical (unpaired) electrons. The van der Waals surface area contributed by atoms with Crippen molar-refractivity contribution in [1.29, 1.82) is 0 Å². The summed E-state index contributed by atoms with van der Waals surface area (Å²) in [7, 11) is 3.78. The molecule has 2 aromatic carbocycles. The van der Waals surface area contributed by atoms with Gasteiger partial charge in [-0.05, 0) is 76.8 Å². The maximum atomic E-state index is 13.0. The van der Waals surface area contributed by atoms with Gasteiger partial charge in [-0.15, -0.1) is 12.4 Å². The van der Waals surface area contributed by atoms with Crippen LogP contribution in [0, 0.1) is 0 Å². The molecule has 0 aliphatic carbocycles. The third-order valence-corrected chi connectivity index (χ3v) is 6.56. The number of alkyl halides is 3. The summed E-state index contributed by atoms with van der Waals surface area (Å²) < 4.78 is 45.0.